The molecule has 2 amide bonds. The van der Waals surface area contributed by atoms with Crippen molar-refractivity contribution in [2.75, 3.05) is 73.0 Å². The number of rotatable bonds is 11. The number of morpholine rings is 2. The van der Waals surface area contributed by atoms with Gasteiger partial charge in [0.15, 0.2) is 6.29 Å². The fourth-order valence-electron chi connectivity index (χ4n) is 7.45. The summed E-state index contributed by atoms with van der Waals surface area (Å²) >= 11 is 0. The van der Waals surface area contributed by atoms with Crippen molar-refractivity contribution in [3.05, 3.63) is 149 Å². The Kier molecular flexibility index (Phi) is 13.9. The summed E-state index contributed by atoms with van der Waals surface area (Å²) in [7, 11) is 0. The molecule has 0 unspecified atom stereocenters. The van der Waals surface area contributed by atoms with Crippen molar-refractivity contribution >= 4 is 68.5 Å². The Bertz CT molecular complexity index is 2510. The molecule has 60 heavy (non-hydrogen) atoms. The van der Waals surface area contributed by atoms with Gasteiger partial charge >= 0.3 is 0 Å². The summed E-state index contributed by atoms with van der Waals surface area (Å²) in [6.45, 7) is 7.21. The maximum atomic E-state index is 14.3. The Morgan fingerprint density at radius 3 is 1.53 bits per heavy atom. The second-order valence-electron chi connectivity index (χ2n) is 14.7. The highest BCUT2D eigenvalue weighted by molar-refractivity contribution is 6.12. The Morgan fingerprint density at radius 1 is 0.617 bits per heavy atom. The minimum absolute atomic E-state index is 0.241. The Hall–Kier alpha value is -6.43. The standard InChI is InChI=1S/C27H29FN2O2.C22H19FN2O3/c1-2-3-4-5-8-20-11-12-26(25-10-7-6-9-24(20)25)29-27(31)21-17-22(28)19-23(18-21)30-13-15-32-16-14-30;23-17-11-16(12-18(13-17)25-7-9-28-10-8-25)22(27)24-21-6-5-15(14-26)19-3-1-2-4-20(19)21/h5-12,17-19H,2-4,13-16H2,1H3,(H,29,31);1-6,11-14H,7-10H2,(H,24,27)/b8-5+;. The van der Waals surface area contributed by atoms with Gasteiger partial charge < -0.3 is 29.9 Å². The number of hydrogen-bond acceptors (Lipinski definition) is 7. The lowest BCUT2D eigenvalue weighted by atomic mass is 10.0. The quantitative estimate of drug-likeness (QED) is 0.0993. The minimum Gasteiger partial charge on any atom is -0.378 e. The molecular weight excluding hydrogens is 763 g/mol. The van der Waals surface area contributed by atoms with Crippen molar-refractivity contribution in [2.45, 2.75) is 26.2 Å². The highest BCUT2D eigenvalue weighted by atomic mass is 19.1. The molecule has 0 atom stereocenters. The van der Waals surface area contributed by atoms with Gasteiger partial charge in [-0.05, 0) is 77.4 Å². The lowest BCUT2D eigenvalue weighted by Gasteiger charge is -2.29. The van der Waals surface area contributed by atoms with Crippen LogP contribution in [-0.4, -0.2) is 70.7 Å². The molecule has 2 N–H and O–H groups in total. The van der Waals surface area contributed by atoms with Crippen LogP contribution in [0.1, 0.15) is 62.8 Å². The number of carbonyl (C=O) groups excluding carboxylic acids is 3. The molecule has 9 nitrogen and oxygen atoms in total. The van der Waals surface area contributed by atoms with E-state index in [2.05, 4.69) is 35.8 Å². The number of fused-ring (bicyclic) bond motifs is 2. The summed E-state index contributed by atoms with van der Waals surface area (Å²) in [6.07, 6.45) is 8.52. The molecule has 308 valence electrons. The topological polar surface area (TPSA) is 100 Å². The zero-order chi connectivity index (χ0) is 41.8. The average Bonchev–Trinajstić information content (AvgIpc) is 3.29. The first-order valence-electron chi connectivity index (χ1n) is 20.4. The third kappa shape index (κ3) is 10.2. The van der Waals surface area contributed by atoms with Crippen LogP contribution in [-0.2, 0) is 9.47 Å². The van der Waals surface area contributed by atoms with Crippen LogP contribution in [0.25, 0.3) is 27.6 Å². The molecule has 0 aliphatic carbocycles. The lowest BCUT2D eigenvalue weighted by molar-refractivity contribution is 0.101. The molecule has 2 fully saturated rings. The highest BCUT2D eigenvalue weighted by Gasteiger charge is 2.19. The number of amides is 2. The van der Waals surface area contributed by atoms with Gasteiger partial charge in [0.25, 0.3) is 11.8 Å². The number of aldehydes is 1. The number of halogens is 2. The molecule has 0 aromatic heterocycles. The molecule has 11 heteroatoms. The van der Waals surface area contributed by atoms with Crippen molar-refractivity contribution in [2.24, 2.45) is 0 Å². The first-order valence-corrected chi connectivity index (χ1v) is 20.4. The summed E-state index contributed by atoms with van der Waals surface area (Å²) in [5, 5.41) is 9.38. The predicted molar refractivity (Wildman–Crippen MR) is 237 cm³/mol. The zero-order valence-corrected chi connectivity index (χ0v) is 33.6. The second-order valence-corrected chi connectivity index (χ2v) is 14.7. The van der Waals surface area contributed by atoms with Crippen LogP contribution in [0.15, 0.2) is 115 Å². The first kappa shape index (κ1) is 41.7. The average molecular weight is 811 g/mol. The molecule has 2 saturated heterocycles. The molecule has 2 aliphatic heterocycles. The van der Waals surface area contributed by atoms with Gasteiger partial charge in [0.2, 0.25) is 0 Å². The number of ether oxygens (including phenoxy) is 2. The molecule has 6 aromatic carbocycles. The largest absolute Gasteiger partial charge is 0.378 e. The van der Waals surface area contributed by atoms with E-state index in [0.717, 1.165) is 39.8 Å². The van der Waals surface area contributed by atoms with E-state index in [-0.39, 0.29) is 11.5 Å². The molecule has 0 bridgehead atoms. The number of nitrogens with one attached hydrogen (secondary N) is 2. The van der Waals surface area contributed by atoms with E-state index in [0.29, 0.717) is 86.5 Å². The maximum Gasteiger partial charge on any atom is 0.255 e. The highest BCUT2D eigenvalue weighted by Crippen LogP contribution is 2.30. The third-order valence-corrected chi connectivity index (χ3v) is 10.6. The van der Waals surface area contributed by atoms with Crippen LogP contribution in [0.2, 0.25) is 0 Å². The lowest BCUT2D eigenvalue weighted by Crippen LogP contribution is -2.36. The predicted octanol–water partition coefficient (Wildman–Crippen LogP) is 10.2. The van der Waals surface area contributed by atoms with Crippen molar-refractivity contribution in [1.29, 1.82) is 0 Å². The minimum atomic E-state index is -0.463. The molecule has 2 heterocycles. The van der Waals surface area contributed by atoms with Crippen molar-refractivity contribution in [3.63, 3.8) is 0 Å². The Balaban J connectivity index is 0.000000183. The second kappa shape index (κ2) is 20.0. The van der Waals surface area contributed by atoms with E-state index >= 15 is 0 Å². The van der Waals surface area contributed by atoms with Crippen LogP contribution in [0.4, 0.5) is 31.5 Å². The molecular formula is C49H48F2N4O5. The van der Waals surface area contributed by atoms with Gasteiger partial charge in [-0.2, -0.15) is 0 Å². The summed E-state index contributed by atoms with van der Waals surface area (Å²) in [5.41, 5.74) is 4.87. The fraction of sp³-hybridized carbons (Fsp3) is 0.245. The molecule has 0 spiro atoms. The molecule has 2 aliphatic rings. The van der Waals surface area contributed by atoms with Crippen molar-refractivity contribution in [3.8, 4) is 0 Å². The van der Waals surface area contributed by atoms with Gasteiger partial charge in [-0.15, -0.1) is 0 Å². The SMILES string of the molecule is CCCC/C=C/c1ccc(NC(=O)c2cc(F)cc(N3CCOCC3)c2)c2ccccc12.O=Cc1ccc(NC(=O)c2cc(F)cc(N3CCOCC3)c2)c2ccccc12. The van der Waals surface area contributed by atoms with E-state index in [9.17, 15) is 23.2 Å². The van der Waals surface area contributed by atoms with Gasteiger partial charge in [0, 0.05) is 76.4 Å². The smallest absolute Gasteiger partial charge is 0.255 e. The molecule has 0 saturated carbocycles. The monoisotopic (exact) mass is 810 g/mol. The summed E-state index contributed by atoms with van der Waals surface area (Å²) in [4.78, 5) is 41.1. The zero-order valence-electron chi connectivity index (χ0n) is 33.6. The number of anilines is 4. The number of allylic oxidation sites excluding steroid dienone is 1. The van der Waals surface area contributed by atoms with E-state index in [1.807, 2.05) is 64.4 Å². The van der Waals surface area contributed by atoms with Gasteiger partial charge in [0.05, 0.1) is 26.4 Å². The summed E-state index contributed by atoms with van der Waals surface area (Å²) in [6, 6.07) is 31.5. The van der Waals surface area contributed by atoms with Crippen LogP contribution >= 0.6 is 0 Å². The van der Waals surface area contributed by atoms with Crippen LogP contribution in [0.5, 0.6) is 0 Å². The van der Waals surface area contributed by atoms with E-state index < -0.39 is 17.5 Å². The number of benzene rings is 6. The summed E-state index contributed by atoms with van der Waals surface area (Å²) in [5.74, 6) is -1.61. The van der Waals surface area contributed by atoms with Gasteiger partial charge in [0.1, 0.15) is 11.6 Å². The third-order valence-electron chi connectivity index (χ3n) is 10.6. The van der Waals surface area contributed by atoms with Crippen LogP contribution < -0.4 is 20.4 Å². The number of carbonyl (C=O) groups is 3. The first-order chi connectivity index (χ1) is 29.3. The van der Waals surface area contributed by atoms with Gasteiger partial charge in [-0.1, -0.05) is 86.5 Å². The van der Waals surface area contributed by atoms with Crippen molar-refractivity contribution in [1.82, 2.24) is 0 Å². The molecule has 0 radical (unpaired) electrons. The van der Waals surface area contributed by atoms with E-state index in [4.69, 9.17) is 9.47 Å². The van der Waals surface area contributed by atoms with Crippen LogP contribution in [0, 0.1) is 11.6 Å². The summed E-state index contributed by atoms with van der Waals surface area (Å²) < 4.78 is 39.2. The fourth-order valence-corrected chi connectivity index (χ4v) is 7.45. The number of unbranched alkanes of at least 4 members (excludes halogenated alkanes) is 2. The van der Waals surface area contributed by atoms with Crippen molar-refractivity contribution < 1.29 is 32.6 Å². The number of hydrogen-bond donors (Lipinski definition) is 2. The normalized spacial score (nSPS) is 14.2. The Labute approximate surface area is 348 Å². The Morgan fingerprint density at radius 2 is 1.07 bits per heavy atom. The van der Waals surface area contributed by atoms with E-state index in [1.54, 1.807) is 24.3 Å². The molecule has 8 rings (SSSR count). The maximum absolute atomic E-state index is 14.3. The number of nitrogens with zero attached hydrogens (tertiary/aromatic N) is 2. The van der Waals surface area contributed by atoms with E-state index in [1.165, 1.54) is 37.1 Å². The van der Waals surface area contributed by atoms with Crippen LogP contribution in [0.3, 0.4) is 0 Å². The molecule has 6 aromatic rings. The van der Waals surface area contributed by atoms with Gasteiger partial charge in [-0.3, -0.25) is 14.4 Å². The van der Waals surface area contributed by atoms with Gasteiger partial charge in [-0.25, -0.2) is 8.78 Å².